The van der Waals surface area contributed by atoms with E-state index >= 15 is 0 Å². The average molecular weight is 564 g/mol. The Hall–Kier alpha value is -2.51. The lowest BCUT2D eigenvalue weighted by Gasteiger charge is -2.46. The molecule has 1 saturated carbocycles. The highest BCUT2D eigenvalue weighted by atomic mass is 32.2. The number of halogens is 3. The van der Waals surface area contributed by atoms with Crippen LogP contribution in [-0.4, -0.2) is 90.1 Å². The number of alkyl halides is 2. The first-order chi connectivity index (χ1) is 18.6. The van der Waals surface area contributed by atoms with Crippen molar-refractivity contribution >= 4 is 21.1 Å². The van der Waals surface area contributed by atoms with Crippen LogP contribution in [0, 0.1) is 18.7 Å². The number of rotatable bonds is 6. The maximum Gasteiger partial charge on any atom is 0.282 e. The Balaban J connectivity index is 1.33. The fourth-order valence-electron chi connectivity index (χ4n) is 6.05. The molecule has 210 valence electrons. The van der Waals surface area contributed by atoms with Gasteiger partial charge in [-0.2, -0.15) is 22.1 Å². The van der Waals surface area contributed by atoms with Crippen molar-refractivity contribution in [1.29, 1.82) is 0 Å². The molecule has 1 aromatic heterocycles. The molecule has 1 atom stereocenters. The van der Waals surface area contributed by atoms with Crippen LogP contribution in [0.1, 0.15) is 30.0 Å². The van der Waals surface area contributed by atoms with Gasteiger partial charge in [0.1, 0.15) is 5.82 Å². The third kappa shape index (κ3) is 5.20. The van der Waals surface area contributed by atoms with Crippen molar-refractivity contribution in [3.8, 4) is 5.69 Å². The van der Waals surface area contributed by atoms with Crippen LogP contribution in [-0.2, 0) is 14.9 Å². The minimum Gasteiger partial charge on any atom is -0.379 e. The van der Waals surface area contributed by atoms with Crippen LogP contribution < -0.4 is 0 Å². The van der Waals surface area contributed by atoms with E-state index in [9.17, 15) is 21.6 Å². The number of ether oxygens (including phenoxy) is 1. The van der Waals surface area contributed by atoms with Gasteiger partial charge in [-0.1, -0.05) is 0 Å². The van der Waals surface area contributed by atoms with Gasteiger partial charge < -0.3 is 4.74 Å². The molecule has 8 nitrogen and oxygen atoms in total. The average Bonchev–Trinajstić information content (AvgIpc) is 3.31. The lowest BCUT2D eigenvalue weighted by atomic mass is 9.80. The molecule has 2 aliphatic heterocycles. The van der Waals surface area contributed by atoms with Crippen LogP contribution in [0.5, 0.6) is 0 Å². The minimum absolute atomic E-state index is 0.116. The normalized spacial score (nSPS) is 23.7. The second-order valence-corrected chi connectivity index (χ2v) is 12.7. The van der Waals surface area contributed by atoms with Gasteiger partial charge in [0.05, 0.1) is 30.6 Å². The largest absolute Gasteiger partial charge is 0.379 e. The summed E-state index contributed by atoms with van der Waals surface area (Å²) in [6, 6.07) is 9.84. The second-order valence-electron chi connectivity index (χ2n) is 10.8. The van der Waals surface area contributed by atoms with E-state index < -0.39 is 16.1 Å². The van der Waals surface area contributed by atoms with E-state index in [4.69, 9.17) is 4.74 Å². The summed E-state index contributed by atoms with van der Waals surface area (Å²) < 4.78 is 77.9. The molecular weight excluding hydrogens is 531 g/mol. The number of hydrogen-bond acceptors (Lipinski definition) is 5. The van der Waals surface area contributed by atoms with Crippen molar-refractivity contribution < 1.29 is 26.3 Å². The van der Waals surface area contributed by atoms with Gasteiger partial charge in [0.15, 0.2) is 0 Å². The van der Waals surface area contributed by atoms with Crippen molar-refractivity contribution in [3.63, 3.8) is 0 Å². The van der Waals surface area contributed by atoms with Crippen LogP contribution in [0.3, 0.4) is 0 Å². The van der Waals surface area contributed by atoms with Gasteiger partial charge in [-0.3, -0.25) is 4.90 Å². The Morgan fingerprint density at radius 1 is 1.03 bits per heavy atom. The fourth-order valence-corrected chi connectivity index (χ4v) is 7.63. The van der Waals surface area contributed by atoms with E-state index in [-0.39, 0.29) is 37.2 Å². The SMILES string of the molecule is Cc1cc2c(cnn2-c2ccc(F)cc2)cc1[C@H]1CN(S(=O)(=O)N2CCOCC2)CCN1CC1CC(F)(F)C1. The summed E-state index contributed by atoms with van der Waals surface area (Å²) in [7, 11) is -3.69. The Kier molecular flexibility index (Phi) is 6.95. The molecular formula is C27H32F3N5O3S. The Labute approximate surface area is 226 Å². The van der Waals surface area contributed by atoms with E-state index in [1.54, 1.807) is 23.0 Å². The number of aromatic nitrogens is 2. The molecule has 0 spiro atoms. The number of nitrogens with zero attached hydrogens (tertiary/aromatic N) is 5. The van der Waals surface area contributed by atoms with Crippen molar-refractivity contribution in [1.82, 2.24) is 23.3 Å². The summed E-state index contributed by atoms with van der Waals surface area (Å²) in [6.45, 7) is 4.85. The summed E-state index contributed by atoms with van der Waals surface area (Å²) in [5, 5.41) is 5.38. The zero-order valence-electron chi connectivity index (χ0n) is 21.8. The molecule has 3 fully saturated rings. The van der Waals surface area contributed by atoms with Crippen molar-refractivity contribution in [3.05, 3.63) is 59.5 Å². The summed E-state index contributed by atoms with van der Waals surface area (Å²) in [5.74, 6) is -3.05. The zero-order chi connectivity index (χ0) is 27.4. The number of piperazine rings is 1. The summed E-state index contributed by atoms with van der Waals surface area (Å²) in [6.07, 6.45) is 1.48. The standard InChI is InChI=1S/C27H32F3N5O3S/c1-19-12-25-21(16-31-35(25)23-4-2-22(28)3-5-23)13-24(19)26-18-34(39(36,37)33-8-10-38-11-9-33)7-6-32(26)17-20-14-27(29,30)15-20/h2-5,12-13,16,20,26H,6-11,14-15,17-18H2,1H3/t26-/m1/s1. The smallest absolute Gasteiger partial charge is 0.282 e. The lowest BCUT2D eigenvalue weighted by molar-refractivity contribution is -0.120. The molecule has 0 unspecified atom stereocenters. The van der Waals surface area contributed by atoms with Gasteiger partial charge in [-0.05, 0) is 60.4 Å². The van der Waals surface area contributed by atoms with Crippen LogP contribution in [0.25, 0.3) is 16.6 Å². The van der Waals surface area contributed by atoms with E-state index in [0.29, 0.717) is 45.9 Å². The molecule has 0 bridgehead atoms. The highest BCUT2D eigenvalue weighted by Gasteiger charge is 2.47. The monoisotopic (exact) mass is 563 g/mol. The number of hydrogen-bond donors (Lipinski definition) is 0. The van der Waals surface area contributed by atoms with Gasteiger partial charge in [0.2, 0.25) is 5.92 Å². The maximum absolute atomic E-state index is 13.6. The number of aryl methyl sites for hydroxylation is 1. The maximum atomic E-state index is 13.6. The van der Waals surface area contributed by atoms with E-state index in [1.165, 1.54) is 20.7 Å². The Morgan fingerprint density at radius 2 is 1.74 bits per heavy atom. The molecule has 12 heteroatoms. The molecule has 0 radical (unpaired) electrons. The summed E-state index contributed by atoms with van der Waals surface area (Å²) >= 11 is 0. The third-order valence-electron chi connectivity index (χ3n) is 8.13. The van der Waals surface area contributed by atoms with Crippen molar-refractivity contribution in [2.75, 3.05) is 52.5 Å². The first kappa shape index (κ1) is 26.7. The molecule has 3 aromatic rings. The first-order valence-electron chi connectivity index (χ1n) is 13.3. The van der Waals surface area contributed by atoms with Gasteiger partial charge in [-0.25, -0.2) is 17.9 Å². The topological polar surface area (TPSA) is 70.9 Å². The summed E-state index contributed by atoms with van der Waals surface area (Å²) in [4.78, 5) is 2.17. The highest BCUT2D eigenvalue weighted by Crippen LogP contribution is 2.44. The third-order valence-corrected chi connectivity index (χ3v) is 10.1. The zero-order valence-corrected chi connectivity index (χ0v) is 22.6. The van der Waals surface area contributed by atoms with Gasteiger partial charge >= 0.3 is 0 Å². The lowest BCUT2D eigenvalue weighted by Crippen LogP contribution is -2.57. The minimum atomic E-state index is -3.69. The van der Waals surface area contributed by atoms with E-state index in [1.807, 2.05) is 19.1 Å². The quantitative estimate of drug-likeness (QED) is 0.457. The molecule has 1 aliphatic carbocycles. The van der Waals surface area contributed by atoms with Crippen molar-refractivity contribution in [2.45, 2.75) is 31.7 Å². The molecule has 2 saturated heterocycles. The summed E-state index contributed by atoms with van der Waals surface area (Å²) in [5.41, 5.74) is 3.48. The molecule has 0 N–H and O–H groups in total. The Bertz CT molecular complexity index is 1450. The van der Waals surface area contributed by atoms with Gasteiger partial charge in [-0.15, -0.1) is 0 Å². The van der Waals surface area contributed by atoms with Crippen LogP contribution in [0.15, 0.2) is 42.6 Å². The van der Waals surface area contributed by atoms with E-state index in [2.05, 4.69) is 10.00 Å². The molecule has 39 heavy (non-hydrogen) atoms. The van der Waals surface area contributed by atoms with Crippen molar-refractivity contribution in [2.24, 2.45) is 5.92 Å². The molecule has 6 rings (SSSR count). The number of benzene rings is 2. The number of morpholine rings is 1. The predicted molar refractivity (Wildman–Crippen MR) is 141 cm³/mol. The number of fused-ring (bicyclic) bond motifs is 1. The van der Waals surface area contributed by atoms with Gasteiger partial charge in [0, 0.05) is 63.5 Å². The fraction of sp³-hybridized carbons (Fsp3) is 0.519. The molecule has 0 amide bonds. The molecule has 2 aromatic carbocycles. The van der Waals surface area contributed by atoms with Crippen LogP contribution >= 0.6 is 0 Å². The first-order valence-corrected chi connectivity index (χ1v) is 14.7. The Morgan fingerprint density at radius 3 is 2.44 bits per heavy atom. The predicted octanol–water partition coefficient (Wildman–Crippen LogP) is 3.75. The molecule has 3 heterocycles. The van der Waals surface area contributed by atoms with Crippen LogP contribution in [0.4, 0.5) is 13.2 Å². The van der Waals surface area contributed by atoms with Gasteiger partial charge in [0.25, 0.3) is 10.2 Å². The second kappa shape index (κ2) is 10.2. The van der Waals surface area contributed by atoms with Crippen LogP contribution in [0.2, 0.25) is 0 Å². The molecule has 3 aliphatic rings. The highest BCUT2D eigenvalue weighted by molar-refractivity contribution is 7.86. The van der Waals surface area contributed by atoms with E-state index in [0.717, 1.165) is 27.7 Å².